The summed E-state index contributed by atoms with van der Waals surface area (Å²) in [6.45, 7) is 6.54. The Hall–Kier alpha value is -3.41. The molecule has 0 N–H and O–H groups in total. The van der Waals surface area contributed by atoms with Crippen molar-refractivity contribution in [2.24, 2.45) is 0 Å². The van der Waals surface area contributed by atoms with Crippen LogP contribution in [0.1, 0.15) is 278 Å². The molecule has 0 aromatic carbocycles. The van der Waals surface area contributed by atoms with E-state index >= 15 is 0 Å². The molecule has 0 amide bonds. The van der Waals surface area contributed by atoms with Crippen LogP contribution in [-0.4, -0.2) is 37.2 Å². The van der Waals surface area contributed by atoms with E-state index in [1.807, 2.05) is 0 Å². The molecule has 0 aromatic rings. The number of allylic oxidation sites excluding steroid dienone is 14. The van der Waals surface area contributed by atoms with Crippen LogP contribution in [0.4, 0.5) is 0 Å². The fourth-order valence-electron chi connectivity index (χ4n) is 7.93. The molecule has 0 rings (SSSR count). The van der Waals surface area contributed by atoms with Crippen molar-refractivity contribution in [1.82, 2.24) is 0 Å². The Kier molecular flexibility index (Phi) is 54.3. The quantitative estimate of drug-likeness (QED) is 0.0262. The molecule has 0 saturated carbocycles. The van der Waals surface area contributed by atoms with E-state index in [-0.39, 0.29) is 37.5 Å². The third-order valence-electron chi connectivity index (χ3n) is 12.3. The van der Waals surface area contributed by atoms with Crippen LogP contribution in [-0.2, 0) is 28.6 Å². The second kappa shape index (κ2) is 57.2. The summed E-state index contributed by atoms with van der Waals surface area (Å²) in [4.78, 5) is 38.2. The molecule has 0 spiro atoms. The predicted molar refractivity (Wildman–Crippen MR) is 297 cm³/mol. The van der Waals surface area contributed by atoms with Crippen molar-refractivity contribution < 1.29 is 28.6 Å². The van der Waals surface area contributed by atoms with Gasteiger partial charge in [-0.3, -0.25) is 14.4 Å². The monoisotopic (exact) mass is 961 g/mol. The first-order valence-corrected chi connectivity index (χ1v) is 29.1. The lowest BCUT2D eigenvalue weighted by molar-refractivity contribution is -0.167. The summed E-state index contributed by atoms with van der Waals surface area (Å²) in [6, 6.07) is 0. The van der Waals surface area contributed by atoms with Gasteiger partial charge in [-0.25, -0.2) is 0 Å². The highest BCUT2D eigenvalue weighted by Gasteiger charge is 2.19. The van der Waals surface area contributed by atoms with Gasteiger partial charge >= 0.3 is 17.9 Å². The Morgan fingerprint density at radius 2 is 0.536 bits per heavy atom. The van der Waals surface area contributed by atoms with Gasteiger partial charge in [-0.05, 0) is 116 Å². The van der Waals surface area contributed by atoms with E-state index in [1.54, 1.807) is 0 Å². The van der Waals surface area contributed by atoms with Crippen LogP contribution in [0.5, 0.6) is 0 Å². The molecule has 0 saturated heterocycles. The highest BCUT2D eigenvalue weighted by molar-refractivity contribution is 5.71. The third-order valence-corrected chi connectivity index (χ3v) is 12.3. The molecule has 0 aromatic heterocycles. The largest absolute Gasteiger partial charge is 0.462 e. The van der Waals surface area contributed by atoms with Crippen molar-refractivity contribution in [1.29, 1.82) is 0 Å². The summed E-state index contributed by atoms with van der Waals surface area (Å²) in [5.74, 6) is -0.965. The highest BCUT2D eigenvalue weighted by atomic mass is 16.6. The van der Waals surface area contributed by atoms with Gasteiger partial charge < -0.3 is 14.2 Å². The van der Waals surface area contributed by atoms with Gasteiger partial charge in [-0.1, -0.05) is 228 Å². The van der Waals surface area contributed by atoms with Crippen LogP contribution in [0.2, 0.25) is 0 Å². The summed E-state index contributed by atoms with van der Waals surface area (Å²) in [6.07, 6.45) is 74.3. The molecule has 0 unspecified atom stereocenters. The third kappa shape index (κ3) is 55.4. The molecule has 6 heteroatoms. The lowest BCUT2D eigenvalue weighted by Crippen LogP contribution is -2.30. The zero-order chi connectivity index (χ0) is 50.0. The van der Waals surface area contributed by atoms with Gasteiger partial charge in [-0.15, -0.1) is 0 Å². The molecule has 0 fully saturated rings. The molecule has 69 heavy (non-hydrogen) atoms. The topological polar surface area (TPSA) is 78.9 Å². The number of unbranched alkanes of at least 4 members (excludes halogenated alkanes) is 27. The van der Waals surface area contributed by atoms with Crippen LogP contribution in [0.25, 0.3) is 0 Å². The van der Waals surface area contributed by atoms with E-state index in [2.05, 4.69) is 106 Å². The molecular weight excluding hydrogens is 853 g/mol. The van der Waals surface area contributed by atoms with Gasteiger partial charge in [0.1, 0.15) is 13.2 Å². The van der Waals surface area contributed by atoms with Crippen molar-refractivity contribution in [2.75, 3.05) is 13.2 Å². The molecule has 0 radical (unpaired) electrons. The second-order valence-electron chi connectivity index (χ2n) is 19.2. The van der Waals surface area contributed by atoms with Gasteiger partial charge in [0, 0.05) is 19.3 Å². The van der Waals surface area contributed by atoms with E-state index in [4.69, 9.17) is 14.2 Å². The lowest BCUT2D eigenvalue weighted by atomic mass is 10.1. The maximum Gasteiger partial charge on any atom is 0.306 e. The van der Waals surface area contributed by atoms with Gasteiger partial charge in [0.05, 0.1) is 0 Å². The minimum Gasteiger partial charge on any atom is -0.462 e. The average molecular weight is 962 g/mol. The smallest absolute Gasteiger partial charge is 0.306 e. The van der Waals surface area contributed by atoms with Gasteiger partial charge in [0.2, 0.25) is 0 Å². The molecule has 0 aliphatic rings. The summed E-state index contributed by atoms with van der Waals surface area (Å²) < 4.78 is 16.8. The van der Waals surface area contributed by atoms with E-state index in [0.29, 0.717) is 19.3 Å². The first-order chi connectivity index (χ1) is 34.0. The van der Waals surface area contributed by atoms with Crippen molar-refractivity contribution in [3.8, 4) is 0 Å². The molecule has 0 aliphatic carbocycles. The minimum absolute atomic E-state index is 0.103. The average Bonchev–Trinajstić information content (AvgIpc) is 3.35. The first-order valence-electron chi connectivity index (χ1n) is 29.1. The van der Waals surface area contributed by atoms with Crippen LogP contribution in [0.3, 0.4) is 0 Å². The summed E-state index contributed by atoms with van der Waals surface area (Å²) in [5, 5.41) is 0. The van der Waals surface area contributed by atoms with Crippen LogP contribution >= 0.6 is 0 Å². The Labute approximate surface area is 426 Å². The number of rotatable bonds is 52. The zero-order valence-corrected chi connectivity index (χ0v) is 45.3. The molecule has 0 bridgehead atoms. The SMILES string of the molecule is CCCCC/C=C\C/C=C\CCCCCCCCCC(=O)OCC(COC(=O)CCCCCCCCC/C=C\C/C=C\CCCCC)OC(=O)CCC/C=C\C/C=C\C/C=C\CCCCCCCC. The van der Waals surface area contributed by atoms with Crippen LogP contribution < -0.4 is 0 Å². The minimum atomic E-state index is -0.811. The van der Waals surface area contributed by atoms with E-state index in [9.17, 15) is 14.4 Å². The Morgan fingerprint density at radius 1 is 0.290 bits per heavy atom. The fraction of sp³-hybridized carbons (Fsp3) is 0.730. The van der Waals surface area contributed by atoms with Crippen molar-refractivity contribution in [2.45, 2.75) is 284 Å². The number of carbonyl (C=O) groups excluding carboxylic acids is 3. The lowest BCUT2D eigenvalue weighted by Gasteiger charge is -2.18. The zero-order valence-electron chi connectivity index (χ0n) is 45.3. The molecular formula is C63H108O6. The Morgan fingerprint density at radius 3 is 0.884 bits per heavy atom. The first kappa shape index (κ1) is 65.6. The van der Waals surface area contributed by atoms with Crippen molar-refractivity contribution in [3.63, 3.8) is 0 Å². The predicted octanol–water partition coefficient (Wildman–Crippen LogP) is 19.5. The van der Waals surface area contributed by atoms with E-state index in [0.717, 1.165) is 83.5 Å². The molecule has 0 heterocycles. The number of esters is 3. The van der Waals surface area contributed by atoms with Crippen LogP contribution in [0, 0.1) is 0 Å². The van der Waals surface area contributed by atoms with Crippen molar-refractivity contribution in [3.05, 3.63) is 85.1 Å². The normalized spacial score (nSPS) is 12.3. The molecule has 6 nitrogen and oxygen atoms in total. The Balaban J connectivity index is 4.48. The van der Waals surface area contributed by atoms with Gasteiger partial charge in [-0.2, -0.15) is 0 Å². The van der Waals surface area contributed by atoms with Gasteiger partial charge in [0.25, 0.3) is 0 Å². The number of hydrogen-bond donors (Lipinski definition) is 0. The number of ether oxygens (including phenoxy) is 3. The number of carbonyl (C=O) groups is 3. The maximum absolute atomic E-state index is 12.8. The maximum atomic E-state index is 12.8. The summed E-state index contributed by atoms with van der Waals surface area (Å²) in [5.41, 5.74) is 0. The summed E-state index contributed by atoms with van der Waals surface area (Å²) >= 11 is 0. The van der Waals surface area contributed by atoms with Gasteiger partial charge in [0.15, 0.2) is 6.10 Å². The summed E-state index contributed by atoms with van der Waals surface area (Å²) in [7, 11) is 0. The van der Waals surface area contributed by atoms with Crippen molar-refractivity contribution >= 4 is 17.9 Å². The Bertz CT molecular complexity index is 1270. The fourth-order valence-corrected chi connectivity index (χ4v) is 7.93. The molecule has 396 valence electrons. The highest BCUT2D eigenvalue weighted by Crippen LogP contribution is 2.14. The molecule has 0 aliphatic heterocycles. The van der Waals surface area contributed by atoms with E-state index in [1.165, 1.54) is 148 Å². The second-order valence-corrected chi connectivity index (χ2v) is 19.2. The molecule has 0 atom stereocenters. The van der Waals surface area contributed by atoms with E-state index < -0.39 is 6.10 Å². The standard InChI is InChI=1S/C63H108O6/c1-4-7-10-13-16-19-22-25-28-31-34-37-40-43-46-49-52-55-61(64)67-58-60(69-63(66)57-54-51-48-45-42-39-36-33-30-27-24-21-18-15-12-9-6-3)59-68-62(65)56-53-50-47-44-41-38-35-32-29-26-23-20-17-14-11-8-5-2/h16-17,19-20,25-30,36,39,45,48,60H,4-15,18,21-24,31-35,37-38,40-44,46-47,49-59H2,1-3H3/b19-16-,20-17-,28-25-,29-26-,30-27-,39-36-,48-45-. The van der Waals surface area contributed by atoms with Crippen LogP contribution in [0.15, 0.2) is 85.1 Å². The number of hydrogen-bond acceptors (Lipinski definition) is 6.